The molecule has 0 aliphatic carbocycles. The lowest BCUT2D eigenvalue weighted by Crippen LogP contribution is -2.32. The molecule has 0 saturated carbocycles. The van der Waals surface area contributed by atoms with E-state index in [1.807, 2.05) is 12.1 Å². The van der Waals surface area contributed by atoms with Crippen LogP contribution < -0.4 is 11.1 Å². The highest BCUT2D eigenvalue weighted by Crippen LogP contribution is 2.12. The summed E-state index contributed by atoms with van der Waals surface area (Å²) in [6.07, 6.45) is 0.0726. The Morgan fingerprint density at radius 1 is 1.32 bits per heavy atom. The normalized spacial score (nSPS) is 12.7. The van der Waals surface area contributed by atoms with Gasteiger partial charge in [0.25, 0.3) is 0 Å². The third-order valence-electron chi connectivity index (χ3n) is 3.90. The van der Waals surface area contributed by atoms with Crippen molar-refractivity contribution in [3.63, 3.8) is 0 Å². The Morgan fingerprint density at radius 3 is 2.50 bits per heavy atom. The number of rotatable bonds is 9. The summed E-state index contributed by atoms with van der Waals surface area (Å²) in [4.78, 5) is 14.2. The molecule has 124 valence electrons. The Hall–Kier alpha value is -1.43. The Bertz CT molecular complexity index is 459. The molecule has 0 spiro atoms. The smallest absolute Gasteiger partial charge is 0.222 e. The average molecular weight is 307 g/mol. The van der Waals surface area contributed by atoms with E-state index in [2.05, 4.69) is 43.2 Å². The molecule has 0 saturated heterocycles. The fourth-order valence-corrected chi connectivity index (χ4v) is 2.07. The zero-order valence-electron chi connectivity index (χ0n) is 14.1. The second-order valence-electron chi connectivity index (χ2n) is 5.85. The lowest BCUT2D eigenvalue weighted by atomic mass is 10.1. The predicted octanol–water partition coefficient (Wildman–Crippen LogP) is 1.51. The van der Waals surface area contributed by atoms with Crippen LogP contribution in [0.3, 0.4) is 0 Å². The van der Waals surface area contributed by atoms with Gasteiger partial charge in [-0.25, -0.2) is 0 Å². The summed E-state index contributed by atoms with van der Waals surface area (Å²) in [5.74, 6) is -0.0377. The summed E-state index contributed by atoms with van der Waals surface area (Å²) >= 11 is 0. The first-order chi connectivity index (χ1) is 10.5. The third-order valence-corrected chi connectivity index (χ3v) is 3.90. The van der Waals surface area contributed by atoms with Gasteiger partial charge in [0, 0.05) is 32.8 Å². The number of carbonyl (C=O) groups excluding carboxylic acids is 1. The molecule has 1 aromatic rings. The van der Waals surface area contributed by atoms with Crippen LogP contribution in [0.2, 0.25) is 0 Å². The highest BCUT2D eigenvalue weighted by Gasteiger charge is 2.12. The van der Waals surface area contributed by atoms with Crippen molar-refractivity contribution in [2.24, 2.45) is 5.73 Å². The van der Waals surface area contributed by atoms with Crippen LogP contribution in [-0.4, -0.2) is 43.7 Å². The predicted molar refractivity (Wildman–Crippen MR) is 89.4 cm³/mol. The quantitative estimate of drug-likeness (QED) is 0.725. The Kier molecular flexibility index (Phi) is 8.09. The highest BCUT2D eigenvalue weighted by atomic mass is 16.5. The number of methoxy groups -OCH3 is 1. The Morgan fingerprint density at radius 2 is 1.95 bits per heavy atom. The second-order valence-corrected chi connectivity index (χ2v) is 5.85. The van der Waals surface area contributed by atoms with Crippen LogP contribution in [0.4, 0.5) is 0 Å². The molecule has 0 aromatic heterocycles. The molecule has 1 unspecified atom stereocenters. The summed E-state index contributed by atoms with van der Waals surface area (Å²) in [6, 6.07) is 8.68. The molecule has 0 aliphatic heterocycles. The van der Waals surface area contributed by atoms with Crippen molar-refractivity contribution in [3.8, 4) is 0 Å². The average Bonchev–Trinajstić information content (AvgIpc) is 2.51. The number of benzene rings is 1. The number of carbonyl (C=O) groups is 1. The molecule has 0 fully saturated rings. The van der Waals surface area contributed by atoms with E-state index in [0.29, 0.717) is 25.6 Å². The van der Waals surface area contributed by atoms with Gasteiger partial charge in [-0.1, -0.05) is 24.3 Å². The van der Waals surface area contributed by atoms with Crippen molar-refractivity contribution in [1.29, 1.82) is 0 Å². The van der Waals surface area contributed by atoms with Gasteiger partial charge in [0.2, 0.25) is 5.91 Å². The van der Waals surface area contributed by atoms with Gasteiger partial charge in [-0.15, -0.1) is 0 Å². The number of nitrogens with zero attached hydrogens (tertiary/aromatic N) is 1. The molecule has 0 bridgehead atoms. The van der Waals surface area contributed by atoms with E-state index < -0.39 is 0 Å². The Balaban J connectivity index is 2.60. The van der Waals surface area contributed by atoms with Crippen molar-refractivity contribution in [3.05, 3.63) is 35.4 Å². The molecule has 1 aromatic carbocycles. The maximum absolute atomic E-state index is 11.9. The van der Waals surface area contributed by atoms with Crippen LogP contribution in [0.1, 0.15) is 31.4 Å². The number of ether oxygens (including phenoxy) is 1. The largest absolute Gasteiger partial charge is 0.380 e. The first-order valence-corrected chi connectivity index (χ1v) is 7.74. The summed E-state index contributed by atoms with van der Waals surface area (Å²) in [5.41, 5.74) is 7.92. The summed E-state index contributed by atoms with van der Waals surface area (Å²) in [7, 11) is 3.67. The minimum atomic E-state index is -0.220. The molecule has 1 rings (SSSR count). The molecule has 5 heteroatoms. The highest BCUT2D eigenvalue weighted by molar-refractivity contribution is 5.76. The minimum absolute atomic E-state index is 0.0377. The minimum Gasteiger partial charge on any atom is -0.380 e. The van der Waals surface area contributed by atoms with Crippen molar-refractivity contribution >= 4 is 5.91 Å². The van der Waals surface area contributed by atoms with Gasteiger partial charge >= 0.3 is 0 Å². The fourth-order valence-electron chi connectivity index (χ4n) is 2.07. The van der Waals surface area contributed by atoms with Gasteiger partial charge in [0.15, 0.2) is 0 Å². The van der Waals surface area contributed by atoms with Crippen LogP contribution in [-0.2, 0) is 22.6 Å². The van der Waals surface area contributed by atoms with Crippen molar-refractivity contribution in [2.75, 3.05) is 20.7 Å². The molecule has 22 heavy (non-hydrogen) atoms. The Labute approximate surface area is 133 Å². The van der Waals surface area contributed by atoms with E-state index in [9.17, 15) is 4.79 Å². The first-order valence-electron chi connectivity index (χ1n) is 7.74. The van der Waals surface area contributed by atoms with E-state index in [4.69, 9.17) is 10.5 Å². The van der Waals surface area contributed by atoms with E-state index in [1.54, 1.807) is 7.11 Å². The lowest BCUT2D eigenvalue weighted by molar-refractivity contribution is -0.123. The second kappa shape index (κ2) is 9.56. The summed E-state index contributed by atoms with van der Waals surface area (Å²) in [6.45, 7) is 6.08. The zero-order valence-corrected chi connectivity index (χ0v) is 14.1. The monoisotopic (exact) mass is 307 g/mol. The molecule has 0 radical (unpaired) electrons. The van der Waals surface area contributed by atoms with E-state index in [-0.39, 0.29) is 12.0 Å². The van der Waals surface area contributed by atoms with Gasteiger partial charge in [-0.2, -0.15) is 0 Å². The van der Waals surface area contributed by atoms with E-state index >= 15 is 0 Å². The van der Waals surface area contributed by atoms with Gasteiger partial charge in [0.05, 0.1) is 12.5 Å². The van der Waals surface area contributed by atoms with Gasteiger partial charge < -0.3 is 15.8 Å². The molecule has 0 aliphatic rings. The molecule has 3 N–H and O–H groups in total. The molecule has 5 nitrogen and oxygen atoms in total. The number of hydrogen-bond donors (Lipinski definition) is 2. The van der Waals surface area contributed by atoms with Gasteiger partial charge in [0.1, 0.15) is 0 Å². The first kappa shape index (κ1) is 18.6. The topological polar surface area (TPSA) is 67.6 Å². The third kappa shape index (κ3) is 6.13. The number of nitrogens with one attached hydrogen (secondary N) is 1. The lowest BCUT2D eigenvalue weighted by Gasteiger charge is -2.22. The van der Waals surface area contributed by atoms with E-state index in [0.717, 1.165) is 12.1 Å². The van der Waals surface area contributed by atoms with Crippen LogP contribution >= 0.6 is 0 Å². The summed E-state index contributed by atoms with van der Waals surface area (Å²) < 4.78 is 5.13. The number of nitrogens with two attached hydrogens (primary N) is 1. The van der Waals surface area contributed by atoms with Crippen molar-refractivity contribution < 1.29 is 9.53 Å². The van der Waals surface area contributed by atoms with Crippen LogP contribution in [0.25, 0.3) is 0 Å². The van der Waals surface area contributed by atoms with Gasteiger partial charge in [-0.05, 0) is 32.0 Å². The van der Waals surface area contributed by atoms with Crippen molar-refractivity contribution in [2.45, 2.75) is 45.5 Å². The van der Waals surface area contributed by atoms with Gasteiger partial charge in [-0.3, -0.25) is 9.69 Å². The maximum Gasteiger partial charge on any atom is 0.222 e. The molecular formula is C17H29N3O2. The molecular weight excluding hydrogens is 278 g/mol. The fraction of sp³-hybridized carbons (Fsp3) is 0.588. The molecule has 0 heterocycles. The van der Waals surface area contributed by atoms with Crippen LogP contribution in [0.15, 0.2) is 24.3 Å². The van der Waals surface area contributed by atoms with Crippen LogP contribution in [0, 0.1) is 0 Å². The van der Waals surface area contributed by atoms with Crippen LogP contribution in [0.5, 0.6) is 0 Å². The zero-order chi connectivity index (χ0) is 16.5. The number of hydrogen-bond acceptors (Lipinski definition) is 4. The van der Waals surface area contributed by atoms with Crippen molar-refractivity contribution in [1.82, 2.24) is 10.2 Å². The standard InChI is InChI=1S/C17H29N3O2/c1-13(2)20(3)12-15-8-6-5-7-14(15)11-19-17(21)9-16(10-18)22-4/h5-8,13,16H,9-12,18H2,1-4H3,(H,19,21). The molecule has 1 atom stereocenters. The SMILES string of the molecule is COC(CN)CC(=O)NCc1ccccc1CN(C)C(C)C. The van der Waals surface area contributed by atoms with E-state index in [1.165, 1.54) is 5.56 Å². The maximum atomic E-state index is 11.9. The molecule has 1 amide bonds. The number of amides is 1. The summed E-state index contributed by atoms with van der Waals surface area (Å²) in [5, 5.41) is 2.95.